The van der Waals surface area contributed by atoms with Crippen LogP contribution in [0.2, 0.25) is 0 Å². The highest BCUT2D eigenvalue weighted by Gasteiger charge is 2.13. The van der Waals surface area contributed by atoms with Gasteiger partial charge in [0, 0.05) is 13.1 Å². The van der Waals surface area contributed by atoms with E-state index in [2.05, 4.69) is 20.8 Å². The third kappa shape index (κ3) is 10.8. The van der Waals surface area contributed by atoms with Crippen LogP contribution in [0.15, 0.2) is 0 Å². The van der Waals surface area contributed by atoms with Crippen molar-refractivity contribution in [1.29, 1.82) is 0 Å². The molecule has 1 amide bonds. The molecular formula is C16H33NO2. The van der Waals surface area contributed by atoms with Gasteiger partial charge in [-0.05, 0) is 19.3 Å². The SMILES string of the molecule is CCCCCOC(=O)N(CCCCC)CCCCC. The lowest BCUT2D eigenvalue weighted by atomic mass is 10.2. The van der Waals surface area contributed by atoms with Gasteiger partial charge in [0.05, 0.1) is 6.61 Å². The maximum Gasteiger partial charge on any atom is 0.409 e. The Morgan fingerprint density at radius 2 is 1.26 bits per heavy atom. The van der Waals surface area contributed by atoms with Crippen LogP contribution >= 0.6 is 0 Å². The van der Waals surface area contributed by atoms with Crippen LogP contribution in [-0.4, -0.2) is 30.7 Å². The maximum atomic E-state index is 12.0. The molecule has 114 valence electrons. The molecule has 0 saturated carbocycles. The number of amides is 1. The topological polar surface area (TPSA) is 29.5 Å². The van der Waals surface area contributed by atoms with Crippen molar-refractivity contribution in [2.24, 2.45) is 0 Å². The van der Waals surface area contributed by atoms with E-state index in [1.165, 1.54) is 25.7 Å². The lowest BCUT2D eigenvalue weighted by molar-refractivity contribution is 0.0992. The quantitative estimate of drug-likeness (QED) is 0.468. The molecule has 0 aromatic rings. The van der Waals surface area contributed by atoms with E-state index in [1.807, 2.05) is 4.90 Å². The highest BCUT2D eigenvalue weighted by atomic mass is 16.6. The van der Waals surface area contributed by atoms with Gasteiger partial charge < -0.3 is 9.64 Å². The van der Waals surface area contributed by atoms with Gasteiger partial charge >= 0.3 is 6.09 Å². The first-order valence-corrected chi connectivity index (χ1v) is 8.17. The summed E-state index contributed by atoms with van der Waals surface area (Å²) in [4.78, 5) is 13.9. The van der Waals surface area contributed by atoms with E-state index < -0.39 is 0 Å². The fourth-order valence-corrected chi connectivity index (χ4v) is 2.00. The van der Waals surface area contributed by atoms with Crippen LogP contribution in [0.5, 0.6) is 0 Å². The third-order valence-electron chi connectivity index (χ3n) is 3.29. The monoisotopic (exact) mass is 271 g/mol. The highest BCUT2D eigenvalue weighted by molar-refractivity contribution is 5.67. The molecule has 3 nitrogen and oxygen atoms in total. The Bertz CT molecular complexity index is 197. The van der Waals surface area contributed by atoms with Gasteiger partial charge in [0.1, 0.15) is 0 Å². The second-order valence-corrected chi connectivity index (χ2v) is 5.22. The van der Waals surface area contributed by atoms with Crippen molar-refractivity contribution in [3.8, 4) is 0 Å². The van der Waals surface area contributed by atoms with Crippen LogP contribution in [0.25, 0.3) is 0 Å². The largest absolute Gasteiger partial charge is 0.449 e. The summed E-state index contributed by atoms with van der Waals surface area (Å²) in [5.74, 6) is 0. The Morgan fingerprint density at radius 3 is 1.74 bits per heavy atom. The van der Waals surface area contributed by atoms with Crippen molar-refractivity contribution in [2.45, 2.75) is 78.6 Å². The summed E-state index contributed by atoms with van der Waals surface area (Å²) in [7, 11) is 0. The standard InChI is InChI=1S/C16H33NO2/c1-4-7-10-13-17(14-11-8-5-2)16(18)19-15-12-9-6-3/h4-15H2,1-3H3. The molecule has 0 rings (SSSR count). The predicted molar refractivity (Wildman–Crippen MR) is 81.5 cm³/mol. The van der Waals surface area contributed by atoms with Crippen LogP contribution in [0.1, 0.15) is 78.6 Å². The number of nitrogens with zero attached hydrogens (tertiary/aromatic N) is 1. The highest BCUT2D eigenvalue weighted by Crippen LogP contribution is 2.05. The number of carbonyl (C=O) groups excluding carboxylic acids is 1. The molecule has 0 bridgehead atoms. The van der Waals surface area contributed by atoms with Gasteiger partial charge in [-0.2, -0.15) is 0 Å². The van der Waals surface area contributed by atoms with Gasteiger partial charge in [0.15, 0.2) is 0 Å². The number of ether oxygens (including phenoxy) is 1. The molecule has 0 aliphatic carbocycles. The predicted octanol–water partition coefficient (Wildman–Crippen LogP) is 5.00. The lowest BCUT2D eigenvalue weighted by Crippen LogP contribution is -2.33. The second-order valence-electron chi connectivity index (χ2n) is 5.22. The van der Waals surface area contributed by atoms with E-state index in [4.69, 9.17) is 4.74 Å². The molecule has 3 heteroatoms. The third-order valence-corrected chi connectivity index (χ3v) is 3.29. The van der Waals surface area contributed by atoms with Crippen molar-refractivity contribution in [1.82, 2.24) is 4.90 Å². The molecule has 19 heavy (non-hydrogen) atoms. The zero-order valence-electron chi connectivity index (χ0n) is 13.2. The normalized spacial score (nSPS) is 10.5. The molecule has 0 atom stereocenters. The fourth-order valence-electron chi connectivity index (χ4n) is 2.00. The molecular weight excluding hydrogens is 238 g/mol. The Hall–Kier alpha value is -0.730. The van der Waals surface area contributed by atoms with Gasteiger partial charge in [0.25, 0.3) is 0 Å². The number of hydrogen-bond acceptors (Lipinski definition) is 2. The van der Waals surface area contributed by atoms with Crippen molar-refractivity contribution in [3.63, 3.8) is 0 Å². The second kappa shape index (κ2) is 13.7. The smallest absolute Gasteiger partial charge is 0.409 e. The van der Waals surface area contributed by atoms with Crippen molar-refractivity contribution in [3.05, 3.63) is 0 Å². The van der Waals surface area contributed by atoms with Gasteiger partial charge in [-0.1, -0.05) is 59.3 Å². The van der Waals surface area contributed by atoms with Crippen LogP contribution in [0, 0.1) is 0 Å². The Labute approximate surface area is 119 Å². The van der Waals surface area contributed by atoms with E-state index in [9.17, 15) is 4.79 Å². The summed E-state index contributed by atoms with van der Waals surface area (Å²) >= 11 is 0. The summed E-state index contributed by atoms with van der Waals surface area (Å²) in [6.45, 7) is 8.80. The molecule has 0 radical (unpaired) electrons. The molecule has 0 unspecified atom stereocenters. The maximum absolute atomic E-state index is 12.0. The summed E-state index contributed by atoms with van der Waals surface area (Å²) in [6, 6.07) is 0. The molecule has 0 fully saturated rings. The minimum absolute atomic E-state index is 0.108. The number of unbranched alkanes of at least 4 members (excludes halogenated alkanes) is 6. The Morgan fingerprint density at radius 1 is 0.789 bits per heavy atom. The minimum Gasteiger partial charge on any atom is -0.449 e. The minimum atomic E-state index is -0.108. The van der Waals surface area contributed by atoms with E-state index in [0.717, 1.165) is 45.2 Å². The van der Waals surface area contributed by atoms with E-state index in [1.54, 1.807) is 0 Å². The van der Waals surface area contributed by atoms with Crippen LogP contribution in [-0.2, 0) is 4.74 Å². The summed E-state index contributed by atoms with van der Waals surface area (Å²) in [5, 5.41) is 0. The number of hydrogen-bond donors (Lipinski definition) is 0. The van der Waals surface area contributed by atoms with E-state index in [0.29, 0.717) is 6.61 Å². The molecule has 0 aromatic carbocycles. The van der Waals surface area contributed by atoms with E-state index >= 15 is 0 Å². The molecule has 0 aliphatic rings. The van der Waals surface area contributed by atoms with Gasteiger partial charge in [-0.25, -0.2) is 4.79 Å². The summed E-state index contributed by atoms with van der Waals surface area (Å²) < 4.78 is 5.35. The molecule has 0 spiro atoms. The van der Waals surface area contributed by atoms with Crippen LogP contribution < -0.4 is 0 Å². The molecule has 0 heterocycles. The molecule has 0 aromatic heterocycles. The van der Waals surface area contributed by atoms with Crippen molar-refractivity contribution >= 4 is 6.09 Å². The number of rotatable bonds is 12. The van der Waals surface area contributed by atoms with Crippen molar-refractivity contribution in [2.75, 3.05) is 19.7 Å². The lowest BCUT2D eigenvalue weighted by Gasteiger charge is -2.22. The molecule has 0 N–H and O–H groups in total. The first-order chi connectivity index (χ1) is 9.26. The van der Waals surface area contributed by atoms with E-state index in [-0.39, 0.29) is 6.09 Å². The summed E-state index contributed by atoms with van der Waals surface area (Å²) in [6.07, 6.45) is 10.1. The summed E-state index contributed by atoms with van der Waals surface area (Å²) in [5.41, 5.74) is 0. The average Bonchev–Trinajstić information content (AvgIpc) is 2.42. The Balaban J connectivity index is 3.94. The zero-order chi connectivity index (χ0) is 14.3. The molecule has 0 aliphatic heterocycles. The van der Waals surface area contributed by atoms with Crippen LogP contribution in [0.4, 0.5) is 4.79 Å². The average molecular weight is 271 g/mol. The first kappa shape index (κ1) is 18.3. The number of carbonyl (C=O) groups is 1. The molecule has 0 saturated heterocycles. The van der Waals surface area contributed by atoms with Crippen LogP contribution in [0.3, 0.4) is 0 Å². The fraction of sp³-hybridized carbons (Fsp3) is 0.938. The van der Waals surface area contributed by atoms with Gasteiger partial charge in [-0.3, -0.25) is 0 Å². The van der Waals surface area contributed by atoms with Crippen molar-refractivity contribution < 1.29 is 9.53 Å². The van der Waals surface area contributed by atoms with Gasteiger partial charge in [-0.15, -0.1) is 0 Å². The zero-order valence-corrected chi connectivity index (χ0v) is 13.2. The van der Waals surface area contributed by atoms with Gasteiger partial charge in [0.2, 0.25) is 0 Å². The first-order valence-electron chi connectivity index (χ1n) is 8.17. The Kier molecular flexibility index (Phi) is 13.2.